The van der Waals surface area contributed by atoms with Gasteiger partial charge in [0.05, 0.1) is 4.91 Å². The van der Waals surface area contributed by atoms with E-state index in [1.807, 2.05) is 19.9 Å². The van der Waals surface area contributed by atoms with E-state index in [1.165, 1.54) is 37.4 Å². The number of anilines is 1. The SMILES string of the molecule is CCCCCCCCN1C(=O)/C(=C/c2c(C)c(C#N)c(=O)n(CCC)c2N2CCC(C)CC2)SC1=S. The molecule has 0 aromatic carbocycles. The Morgan fingerprint density at radius 1 is 1.06 bits per heavy atom. The number of carbonyl (C=O) groups excluding carboxylic acids is 1. The van der Waals surface area contributed by atoms with Crippen molar-refractivity contribution in [2.75, 3.05) is 24.5 Å². The average molecular weight is 529 g/mol. The van der Waals surface area contributed by atoms with Crippen molar-refractivity contribution in [1.82, 2.24) is 9.47 Å². The second-order valence-corrected chi connectivity index (χ2v) is 11.8. The standard InChI is InChI=1S/C28H40N4O2S2/c1-5-7-8-9-10-11-15-32-27(34)24(36-28(32)35)18-22-21(4)23(19-29)26(33)31(14-6-2)25(22)30-16-12-20(3)13-17-30/h18,20H,5-17H2,1-4H3/b24-18-. The minimum absolute atomic E-state index is 0.0667. The molecule has 2 fully saturated rings. The first-order valence-corrected chi connectivity index (χ1v) is 14.7. The second kappa shape index (κ2) is 13.4. The van der Waals surface area contributed by atoms with Gasteiger partial charge < -0.3 is 4.90 Å². The average Bonchev–Trinajstić information content (AvgIpc) is 3.12. The Bertz CT molecular complexity index is 1090. The third-order valence-electron chi connectivity index (χ3n) is 7.26. The van der Waals surface area contributed by atoms with Crippen LogP contribution in [0.3, 0.4) is 0 Å². The number of piperidine rings is 1. The summed E-state index contributed by atoms with van der Waals surface area (Å²) in [5.74, 6) is 1.42. The zero-order chi connectivity index (χ0) is 26.2. The zero-order valence-corrected chi connectivity index (χ0v) is 23.9. The molecule has 1 aromatic heterocycles. The van der Waals surface area contributed by atoms with Gasteiger partial charge in [0.2, 0.25) is 0 Å². The first-order valence-electron chi connectivity index (χ1n) is 13.5. The molecule has 3 heterocycles. The van der Waals surface area contributed by atoms with E-state index in [1.54, 1.807) is 9.47 Å². The predicted molar refractivity (Wildman–Crippen MR) is 154 cm³/mol. The molecule has 196 valence electrons. The van der Waals surface area contributed by atoms with Gasteiger partial charge in [-0.05, 0) is 50.2 Å². The maximum Gasteiger partial charge on any atom is 0.270 e. The van der Waals surface area contributed by atoms with Gasteiger partial charge in [0.1, 0.15) is 21.8 Å². The normalized spacial score (nSPS) is 17.9. The van der Waals surface area contributed by atoms with Crippen LogP contribution in [0.2, 0.25) is 0 Å². The van der Waals surface area contributed by atoms with Crippen LogP contribution in [0.25, 0.3) is 6.08 Å². The van der Waals surface area contributed by atoms with Crippen molar-refractivity contribution in [3.63, 3.8) is 0 Å². The molecule has 0 spiro atoms. The number of hydrogen-bond donors (Lipinski definition) is 0. The quantitative estimate of drug-likeness (QED) is 0.192. The Morgan fingerprint density at radius 2 is 1.72 bits per heavy atom. The number of pyridine rings is 1. The van der Waals surface area contributed by atoms with Gasteiger partial charge in [-0.3, -0.25) is 19.1 Å². The van der Waals surface area contributed by atoms with Crippen LogP contribution < -0.4 is 10.5 Å². The molecule has 2 aliphatic heterocycles. The number of carbonyl (C=O) groups is 1. The number of thiocarbonyl (C=S) groups is 1. The number of nitriles is 1. The molecule has 0 N–H and O–H groups in total. The molecule has 0 aliphatic carbocycles. The van der Waals surface area contributed by atoms with E-state index in [0.717, 1.165) is 56.6 Å². The molecule has 6 nitrogen and oxygen atoms in total. The van der Waals surface area contributed by atoms with Crippen molar-refractivity contribution < 1.29 is 4.79 Å². The highest BCUT2D eigenvalue weighted by Gasteiger charge is 2.33. The lowest BCUT2D eigenvalue weighted by molar-refractivity contribution is -0.122. The van der Waals surface area contributed by atoms with E-state index in [-0.39, 0.29) is 17.0 Å². The molecular formula is C28H40N4O2S2. The number of thioether (sulfide) groups is 1. The first kappa shape index (κ1) is 28.5. The number of unbranched alkanes of at least 4 members (excludes halogenated alkanes) is 5. The van der Waals surface area contributed by atoms with E-state index in [9.17, 15) is 14.9 Å². The molecule has 0 saturated carbocycles. The molecule has 1 amide bonds. The van der Waals surface area contributed by atoms with Crippen LogP contribution in [0, 0.1) is 24.2 Å². The van der Waals surface area contributed by atoms with E-state index in [4.69, 9.17) is 12.2 Å². The predicted octanol–water partition coefficient (Wildman–Crippen LogP) is 6.24. The van der Waals surface area contributed by atoms with Gasteiger partial charge in [0.15, 0.2) is 0 Å². The third-order valence-corrected chi connectivity index (χ3v) is 8.64. The van der Waals surface area contributed by atoms with Gasteiger partial charge >= 0.3 is 0 Å². The Kier molecular flexibility index (Phi) is 10.6. The molecule has 2 saturated heterocycles. The minimum atomic E-state index is -0.238. The van der Waals surface area contributed by atoms with Crippen molar-refractivity contribution in [2.24, 2.45) is 5.92 Å². The summed E-state index contributed by atoms with van der Waals surface area (Å²) in [4.78, 5) is 31.2. The van der Waals surface area contributed by atoms with Gasteiger partial charge in [-0.15, -0.1) is 0 Å². The van der Waals surface area contributed by atoms with E-state index >= 15 is 0 Å². The van der Waals surface area contributed by atoms with Crippen molar-refractivity contribution >= 4 is 46.1 Å². The maximum atomic E-state index is 13.4. The maximum absolute atomic E-state index is 13.4. The Morgan fingerprint density at radius 3 is 2.36 bits per heavy atom. The van der Waals surface area contributed by atoms with Gasteiger partial charge in [-0.25, -0.2) is 0 Å². The Hall–Kier alpha value is -2.11. The van der Waals surface area contributed by atoms with Crippen LogP contribution in [0.5, 0.6) is 0 Å². The topological polar surface area (TPSA) is 69.3 Å². The summed E-state index contributed by atoms with van der Waals surface area (Å²) >= 11 is 6.91. The van der Waals surface area contributed by atoms with Gasteiger partial charge in [0, 0.05) is 31.7 Å². The van der Waals surface area contributed by atoms with E-state index in [2.05, 4.69) is 24.8 Å². The lowest BCUT2D eigenvalue weighted by Gasteiger charge is -2.35. The summed E-state index contributed by atoms with van der Waals surface area (Å²) in [5, 5.41) is 9.82. The molecule has 0 unspecified atom stereocenters. The molecule has 0 bridgehead atoms. The highest BCUT2D eigenvalue weighted by atomic mass is 32.2. The fourth-order valence-electron chi connectivity index (χ4n) is 5.01. The number of amides is 1. The van der Waals surface area contributed by atoms with Crippen LogP contribution in [0.1, 0.15) is 95.2 Å². The summed E-state index contributed by atoms with van der Waals surface area (Å²) in [5.41, 5.74) is 1.36. The summed E-state index contributed by atoms with van der Waals surface area (Å²) < 4.78 is 2.35. The van der Waals surface area contributed by atoms with Crippen LogP contribution in [-0.2, 0) is 11.3 Å². The molecule has 36 heavy (non-hydrogen) atoms. The molecule has 0 radical (unpaired) electrons. The highest BCUT2D eigenvalue weighted by molar-refractivity contribution is 8.26. The van der Waals surface area contributed by atoms with Crippen LogP contribution in [0.4, 0.5) is 5.82 Å². The smallest absolute Gasteiger partial charge is 0.270 e. The summed E-state index contributed by atoms with van der Waals surface area (Å²) in [6, 6.07) is 2.13. The monoisotopic (exact) mass is 528 g/mol. The number of rotatable bonds is 11. The van der Waals surface area contributed by atoms with Gasteiger partial charge in [-0.2, -0.15) is 5.26 Å². The molecule has 2 aliphatic rings. The molecule has 0 atom stereocenters. The molecule has 8 heteroatoms. The minimum Gasteiger partial charge on any atom is -0.357 e. The number of hydrogen-bond acceptors (Lipinski definition) is 6. The number of aromatic nitrogens is 1. The van der Waals surface area contributed by atoms with Crippen LogP contribution in [-0.4, -0.2) is 39.3 Å². The lowest BCUT2D eigenvalue weighted by atomic mass is 9.97. The summed E-state index contributed by atoms with van der Waals surface area (Å²) in [7, 11) is 0. The van der Waals surface area contributed by atoms with E-state index < -0.39 is 0 Å². The van der Waals surface area contributed by atoms with Crippen LogP contribution >= 0.6 is 24.0 Å². The summed E-state index contributed by atoms with van der Waals surface area (Å²) in [6.45, 7) is 11.2. The number of nitrogens with zero attached hydrogens (tertiary/aromatic N) is 4. The highest BCUT2D eigenvalue weighted by Crippen LogP contribution is 2.37. The fraction of sp³-hybridized carbons (Fsp3) is 0.643. The Balaban J connectivity index is 1.97. The van der Waals surface area contributed by atoms with Gasteiger partial charge in [-0.1, -0.05) is 76.9 Å². The van der Waals surface area contributed by atoms with Crippen molar-refractivity contribution in [1.29, 1.82) is 5.26 Å². The van der Waals surface area contributed by atoms with E-state index in [0.29, 0.717) is 33.8 Å². The largest absolute Gasteiger partial charge is 0.357 e. The van der Waals surface area contributed by atoms with Crippen molar-refractivity contribution in [3.05, 3.63) is 31.9 Å². The molecular weight excluding hydrogens is 488 g/mol. The first-order chi connectivity index (χ1) is 17.3. The summed E-state index contributed by atoms with van der Waals surface area (Å²) in [6.07, 6.45) is 11.7. The van der Waals surface area contributed by atoms with Crippen molar-refractivity contribution in [2.45, 2.75) is 92.0 Å². The third kappa shape index (κ3) is 6.41. The zero-order valence-electron chi connectivity index (χ0n) is 22.3. The van der Waals surface area contributed by atoms with Gasteiger partial charge in [0.25, 0.3) is 11.5 Å². The molecule has 1 aromatic rings. The van der Waals surface area contributed by atoms with Crippen LogP contribution in [0.15, 0.2) is 9.70 Å². The second-order valence-electron chi connectivity index (χ2n) is 10.1. The van der Waals surface area contributed by atoms with Crippen molar-refractivity contribution in [3.8, 4) is 6.07 Å². The fourth-order valence-corrected chi connectivity index (χ4v) is 6.30. The lowest BCUT2D eigenvalue weighted by Crippen LogP contribution is -2.39. The molecule has 3 rings (SSSR count). The Labute approximate surface area is 225 Å².